The summed E-state index contributed by atoms with van der Waals surface area (Å²) in [6.07, 6.45) is 7.93. The lowest BCUT2D eigenvalue weighted by atomic mass is 10.1. The molecule has 2 aromatic carbocycles. The molecule has 4 heteroatoms. The number of ether oxygens (including phenoxy) is 1. The summed E-state index contributed by atoms with van der Waals surface area (Å²) in [5.41, 5.74) is 1.82. The first-order valence-corrected chi connectivity index (χ1v) is 8.53. The second-order valence-electron chi connectivity index (χ2n) is 4.87. The number of thioether (sulfide) groups is 1. The maximum Gasteiger partial charge on any atom is 0.251 e. The smallest absolute Gasteiger partial charge is 0.251 e. The zero-order chi connectivity index (χ0) is 16.5. The van der Waals surface area contributed by atoms with Crippen molar-refractivity contribution in [2.24, 2.45) is 0 Å². The molecule has 0 aliphatic rings. The summed E-state index contributed by atoms with van der Waals surface area (Å²) in [5, 5.41) is 2.93. The maximum atomic E-state index is 12.1. The number of nitrogens with one attached hydrogen (secondary N) is 1. The van der Waals surface area contributed by atoms with Crippen molar-refractivity contribution < 1.29 is 9.53 Å². The normalized spacial score (nSPS) is 9.91. The topological polar surface area (TPSA) is 38.3 Å². The summed E-state index contributed by atoms with van der Waals surface area (Å²) in [4.78, 5) is 13.2. The van der Waals surface area contributed by atoms with Gasteiger partial charge in [0.15, 0.2) is 0 Å². The van der Waals surface area contributed by atoms with Crippen molar-refractivity contribution >= 4 is 17.7 Å². The largest absolute Gasteiger partial charge is 0.481 e. The molecule has 2 aromatic rings. The van der Waals surface area contributed by atoms with Gasteiger partial charge in [-0.25, -0.2) is 0 Å². The fourth-order valence-electron chi connectivity index (χ4n) is 2.04. The van der Waals surface area contributed by atoms with Crippen LogP contribution in [-0.4, -0.2) is 25.3 Å². The fraction of sp³-hybridized carbons (Fsp3) is 0.211. The molecule has 0 aliphatic heterocycles. The van der Waals surface area contributed by atoms with Gasteiger partial charge < -0.3 is 10.1 Å². The van der Waals surface area contributed by atoms with Crippen LogP contribution in [0.25, 0.3) is 0 Å². The van der Waals surface area contributed by atoms with Crippen LogP contribution >= 0.6 is 11.8 Å². The highest BCUT2D eigenvalue weighted by Crippen LogP contribution is 2.15. The number of rotatable bonds is 7. The van der Waals surface area contributed by atoms with Crippen LogP contribution < -0.4 is 10.1 Å². The summed E-state index contributed by atoms with van der Waals surface area (Å²) < 4.78 is 5.32. The van der Waals surface area contributed by atoms with Gasteiger partial charge in [0.2, 0.25) is 0 Å². The molecular formula is C19H19NO2S. The zero-order valence-electron chi connectivity index (χ0n) is 13.0. The number of carbonyl (C=O) groups is 1. The lowest BCUT2D eigenvalue weighted by Crippen LogP contribution is -2.25. The van der Waals surface area contributed by atoms with Crippen LogP contribution in [0.3, 0.4) is 0 Å². The summed E-state index contributed by atoms with van der Waals surface area (Å²) in [6, 6.07) is 15.3. The van der Waals surface area contributed by atoms with Gasteiger partial charge in [-0.1, -0.05) is 18.1 Å². The Kier molecular flexibility index (Phi) is 6.58. The minimum absolute atomic E-state index is 0.0494. The Hall–Kier alpha value is -2.38. The van der Waals surface area contributed by atoms with E-state index in [9.17, 15) is 4.79 Å². The Morgan fingerprint density at radius 3 is 2.48 bits per heavy atom. The molecule has 0 fully saturated rings. The van der Waals surface area contributed by atoms with Crippen molar-refractivity contribution in [1.29, 1.82) is 0 Å². The molecule has 0 heterocycles. The molecule has 0 unspecified atom stereocenters. The third-order valence-electron chi connectivity index (χ3n) is 3.30. The Balaban J connectivity index is 1.79. The minimum Gasteiger partial charge on any atom is -0.481 e. The predicted octanol–water partition coefficient (Wildman–Crippen LogP) is 3.39. The monoisotopic (exact) mass is 325 g/mol. The second-order valence-corrected chi connectivity index (χ2v) is 5.75. The molecule has 0 spiro atoms. The van der Waals surface area contributed by atoms with Crippen LogP contribution in [0.15, 0.2) is 53.4 Å². The molecule has 0 saturated heterocycles. The Morgan fingerprint density at radius 2 is 1.87 bits per heavy atom. The van der Waals surface area contributed by atoms with Gasteiger partial charge >= 0.3 is 0 Å². The van der Waals surface area contributed by atoms with Gasteiger partial charge in [0.25, 0.3) is 5.91 Å². The highest BCUT2D eigenvalue weighted by Gasteiger charge is 2.04. The van der Waals surface area contributed by atoms with Gasteiger partial charge in [-0.05, 0) is 54.6 Å². The van der Waals surface area contributed by atoms with Gasteiger partial charge in [0, 0.05) is 17.0 Å². The molecule has 0 aliphatic carbocycles. The van der Waals surface area contributed by atoms with E-state index in [2.05, 4.69) is 11.2 Å². The van der Waals surface area contributed by atoms with Gasteiger partial charge in [-0.2, -0.15) is 0 Å². The molecule has 23 heavy (non-hydrogen) atoms. The van der Waals surface area contributed by atoms with E-state index in [0.29, 0.717) is 12.1 Å². The zero-order valence-corrected chi connectivity index (χ0v) is 13.9. The van der Waals surface area contributed by atoms with E-state index >= 15 is 0 Å². The van der Waals surface area contributed by atoms with E-state index in [-0.39, 0.29) is 12.5 Å². The molecule has 2 rings (SSSR count). The van der Waals surface area contributed by atoms with Gasteiger partial charge in [-0.3, -0.25) is 4.79 Å². The lowest BCUT2D eigenvalue weighted by molar-refractivity contribution is 0.0954. The van der Waals surface area contributed by atoms with Crippen LogP contribution in [0.5, 0.6) is 5.75 Å². The molecule has 0 bridgehead atoms. The third kappa shape index (κ3) is 5.39. The number of benzene rings is 2. The Bertz CT molecular complexity index is 672. The first-order chi connectivity index (χ1) is 11.2. The van der Waals surface area contributed by atoms with E-state index < -0.39 is 0 Å². The van der Waals surface area contributed by atoms with E-state index in [4.69, 9.17) is 11.2 Å². The summed E-state index contributed by atoms with van der Waals surface area (Å²) in [6.45, 7) is 0.860. The highest BCUT2D eigenvalue weighted by atomic mass is 32.2. The molecule has 0 aromatic heterocycles. The van der Waals surface area contributed by atoms with Crippen LogP contribution in [0.4, 0.5) is 0 Å². The molecule has 118 valence electrons. The van der Waals surface area contributed by atoms with Crippen molar-refractivity contribution in [3.05, 3.63) is 59.7 Å². The Labute approximate surface area is 141 Å². The fourth-order valence-corrected chi connectivity index (χ4v) is 2.45. The average molecular weight is 325 g/mol. The predicted molar refractivity (Wildman–Crippen MR) is 95.0 cm³/mol. The molecule has 1 amide bonds. The highest BCUT2D eigenvalue weighted by molar-refractivity contribution is 7.98. The number of hydrogen-bond acceptors (Lipinski definition) is 3. The number of amides is 1. The number of terminal acetylenes is 1. The van der Waals surface area contributed by atoms with Crippen molar-refractivity contribution in [1.82, 2.24) is 5.32 Å². The van der Waals surface area contributed by atoms with Crippen molar-refractivity contribution in [2.75, 3.05) is 19.4 Å². The molecule has 3 nitrogen and oxygen atoms in total. The van der Waals surface area contributed by atoms with E-state index in [1.165, 1.54) is 0 Å². The van der Waals surface area contributed by atoms with Crippen LogP contribution in [-0.2, 0) is 6.42 Å². The van der Waals surface area contributed by atoms with Crippen LogP contribution in [0.2, 0.25) is 0 Å². The molecule has 0 radical (unpaired) electrons. The standard InChI is InChI=1S/C19H19NO2S/c1-3-14-22-17-8-4-15(5-9-17)12-13-20-19(21)16-6-10-18(23-2)11-7-16/h1,4-11H,12-14H2,2H3,(H,20,21). The second kappa shape index (κ2) is 8.92. The number of carbonyl (C=O) groups excluding carboxylic acids is 1. The van der Waals surface area contributed by atoms with Crippen molar-refractivity contribution in [2.45, 2.75) is 11.3 Å². The minimum atomic E-state index is -0.0494. The van der Waals surface area contributed by atoms with E-state index in [0.717, 1.165) is 22.6 Å². The van der Waals surface area contributed by atoms with Crippen molar-refractivity contribution in [3.63, 3.8) is 0 Å². The SMILES string of the molecule is C#CCOc1ccc(CCNC(=O)c2ccc(SC)cc2)cc1. The third-order valence-corrected chi connectivity index (χ3v) is 4.04. The van der Waals surface area contributed by atoms with Crippen molar-refractivity contribution in [3.8, 4) is 18.1 Å². The molecule has 0 atom stereocenters. The van der Waals surface area contributed by atoms with Gasteiger partial charge in [0.05, 0.1) is 0 Å². The molecule has 0 saturated carbocycles. The number of hydrogen-bond donors (Lipinski definition) is 1. The molecular weight excluding hydrogens is 306 g/mol. The first kappa shape index (κ1) is 17.0. The average Bonchev–Trinajstić information content (AvgIpc) is 2.61. The van der Waals surface area contributed by atoms with Crippen LogP contribution in [0, 0.1) is 12.3 Å². The van der Waals surface area contributed by atoms with E-state index in [1.807, 2.05) is 54.8 Å². The maximum absolute atomic E-state index is 12.1. The van der Waals surface area contributed by atoms with E-state index in [1.54, 1.807) is 11.8 Å². The van der Waals surface area contributed by atoms with Gasteiger partial charge in [-0.15, -0.1) is 18.2 Å². The lowest BCUT2D eigenvalue weighted by Gasteiger charge is -2.07. The summed E-state index contributed by atoms with van der Waals surface area (Å²) in [5.74, 6) is 3.13. The molecule has 1 N–H and O–H groups in total. The first-order valence-electron chi connectivity index (χ1n) is 7.30. The quantitative estimate of drug-likeness (QED) is 0.626. The Morgan fingerprint density at radius 1 is 1.17 bits per heavy atom. The summed E-state index contributed by atoms with van der Waals surface area (Å²) in [7, 11) is 0. The summed E-state index contributed by atoms with van der Waals surface area (Å²) >= 11 is 1.66. The van der Waals surface area contributed by atoms with Crippen LogP contribution in [0.1, 0.15) is 15.9 Å². The van der Waals surface area contributed by atoms with Gasteiger partial charge in [0.1, 0.15) is 12.4 Å².